The Morgan fingerprint density at radius 1 is 1.13 bits per heavy atom. The summed E-state index contributed by atoms with van der Waals surface area (Å²) in [5, 5.41) is 6.10. The number of ether oxygens (including phenoxy) is 1. The Kier molecular flexibility index (Phi) is 6.56. The zero-order valence-corrected chi connectivity index (χ0v) is 13.1. The van der Waals surface area contributed by atoms with Crippen LogP contribution in [0.4, 0.5) is 10.1 Å². The Hall–Kier alpha value is -2.40. The highest BCUT2D eigenvalue weighted by Crippen LogP contribution is 2.17. The van der Waals surface area contributed by atoms with Gasteiger partial charge in [0, 0.05) is 12.2 Å². The number of rotatable bonds is 8. The van der Waals surface area contributed by atoms with Crippen molar-refractivity contribution in [1.82, 2.24) is 5.32 Å². The number of carbonyl (C=O) groups is 1. The maximum atomic E-state index is 13.4. The second-order valence-corrected chi connectivity index (χ2v) is 5.01. The van der Waals surface area contributed by atoms with E-state index in [-0.39, 0.29) is 24.7 Å². The maximum Gasteiger partial charge on any atom is 0.227 e. The number of anilines is 1. The van der Waals surface area contributed by atoms with Gasteiger partial charge in [0.2, 0.25) is 5.91 Å². The molecular formula is C18H21FN2O2. The minimum atomic E-state index is -0.427. The van der Waals surface area contributed by atoms with Crippen LogP contribution in [0.25, 0.3) is 0 Å². The first-order chi connectivity index (χ1) is 11.2. The third-order valence-electron chi connectivity index (χ3n) is 3.28. The van der Waals surface area contributed by atoms with Gasteiger partial charge < -0.3 is 15.4 Å². The fraction of sp³-hybridized carbons (Fsp3) is 0.278. The summed E-state index contributed by atoms with van der Waals surface area (Å²) in [5.41, 5.74) is 1.81. The predicted molar refractivity (Wildman–Crippen MR) is 89.0 cm³/mol. The molecule has 2 aromatic rings. The second kappa shape index (κ2) is 8.90. The lowest BCUT2D eigenvalue weighted by Crippen LogP contribution is -2.18. The Balaban J connectivity index is 1.84. The lowest BCUT2D eigenvalue weighted by Gasteiger charge is -2.12. The van der Waals surface area contributed by atoms with Crippen LogP contribution in [0.15, 0.2) is 48.5 Å². The van der Waals surface area contributed by atoms with Gasteiger partial charge in [-0.05, 0) is 30.3 Å². The molecule has 0 bridgehead atoms. The number of carbonyl (C=O) groups excluding carboxylic acids is 1. The van der Waals surface area contributed by atoms with Gasteiger partial charge in [-0.1, -0.05) is 37.3 Å². The molecule has 0 fully saturated rings. The topological polar surface area (TPSA) is 50.4 Å². The van der Waals surface area contributed by atoms with E-state index in [1.54, 1.807) is 18.2 Å². The first kappa shape index (κ1) is 17.0. The molecule has 0 saturated heterocycles. The summed E-state index contributed by atoms with van der Waals surface area (Å²) >= 11 is 0. The second-order valence-electron chi connectivity index (χ2n) is 5.01. The summed E-state index contributed by atoms with van der Waals surface area (Å²) < 4.78 is 18.7. The van der Waals surface area contributed by atoms with Crippen LogP contribution in [0.5, 0.6) is 5.75 Å². The number of hydrogen-bond donors (Lipinski definition) is 2. The predicted octanol–water partition coefficient (Wildman–Crippen LogP) is 3.34. The van der Waals surface area contributed by atoms with Gasteiger partial charge in [-0.2, -0.15) is 0 Å². The Morgan fingerprint density at radius 3 is 2.65 bits per heavy atom. The Bertz CT molecular complexity index is 646. The zero-order valence-electron chi connectivity index (χ0n) is 13.1. The number of halogens is 1. The van der Waals surface area contributed by atoms with Crippen LogP contribution >= 0.6 is 0 Å². The summed E-state index contributed by atoms with van der Waals surface area (Å²) in [7, 11) is 0. The highest BCUT2D eigenvalue weighted by Gasteiger charge is 2.08. The van der Waals surface area contributed by atoms with Gasteiger partial charge in [0.05, 0.1) is 13.0 Å². The summed E-state index contributed by atoms with van der Waals surface area (Å²) in [4.78, 5) is 12.0. The van der Waals surface area contributed by atoms with Crippen molar-refractivity contribution >= 4 is 11.6 Å². The van der Waals surface area contributed by atoms with Gasteiger partial charge in [0.1, 0.15) is 0 Å². The van der Waals surface area contributed by atoms with E-state index in [0.717, 1.165) is 17.8 Å². The molecule has 0 spiro atoms. The Labute approximate surface area is 135 Å². The van der Waals surface area contributed by atoms with E-state index in [1.807, 2.05) is 31.2 Å². The van der Waals surface area contributed by atoms with Crippen LogP contribution in [0, 0.1) is 5.82 Å². The number of para-hydroxylation sites is 2. The van der Waals surface area contributed by atoms with E-state index in [0.29, 0.717) is 6.54 Å². The highest BCUT2D eigenvalue weighted by molar-refractivity contribution is 5.91. The van der Waals surface area contributed by atoms with Crippen molar-refractivity contribution < 1.29 is 13.9 Å². The molecule has 4 nitrogen and oxygen atoms in total. The number of amides is 1. The van der Waals surface area contributed by atoms with E-state index in [4.69, 9.17) is 4.74 Å². The molecule has 1 amide bonds. The monoisotopic (exact) mass is 316 g/mol. The first-order valence-electron chi connectivity index (χ1n) is 7.66. The van der Waals surface area contributed by atoms with Crippen LogP contribution in [-0.2, 0) is 11.3 Å². The van der Waals surface area contributed by atoms with Crippen molar-refractivity contribution in [2.75, 3.05) is 18.5 Å². The fourth-order valence-corrected chi connectivity index (χ4v) is 2.08. The average Bonchev–Trinajstić information content (AvgIpc) is 2.56. The molecule has 2 rings (SSSR count). The van der Waals surface area contributed by atoms with Crippen molar-refractivity contribution in [3.63, 3.8) is 0 Å². The molecule has 2 N–H and O–H groups in total. The van der Waals surface area contributed by atoms with Crippen LogP contribution in [0.3, 0.4) is 0 Å². The minimum absolute atomic E-state index is 0.127. The lowest BCUT2D eigenvalue weighted by atomic mass is 10.1. The Morgan fingerprint density at radius 2 is 1.87 bits per heavy atom. The van der Waals surface area contributed by atoms with Crippen LogP contribution in [0.1, 0.15) is 18.9 Å². The zero-order chi connectivity index (χ0) is 16.5. The van der Waals surface area contributed by atoms with Gasteiger partial charge in [-0.15, -0.1) is 0 Å². The molecule has 23 heavy (non-hydrogen) atoms. The van der Waals surface area contributed by atoms with Crippen molar-refractivity contribution in [2.24, 2.45) is 0 Å². The van der Waals surface area contributed by atoms with Crippen LogP contribution in [-0.4, -0.2) is 19.1 Å². The van der Waals surface area contributed by atoms with Gasteiger partial charge in [-0.3, -0.25) is 4.79 Å². The van der Waals surface area contributed by atoms with E-state index < -0.39 is 5.82 Å². The molecule has 2 aromatic carbocycles. The molecule has 5 heteroatoms. The quantitative estimate of drug-likeness (QED) is 0.785. The molecule has 0 aromatic heterocycles. The van der Waals surface area contributed by atoms with Gasteiger partial charge >= 0.3 is 0 Å². The molecular weight excluding hydrogens is 295 g/mol. The standard InChI is InChI=1S/C18H21FN2O2/c1-2-20-13-14-7-3-5-9-16(14)21-18(22)11-12-23-17-10-6-4-8-15(17)19/h3-10,20H,2,11-13H2,1H3,(H,21,22). The average molecular weight is 316 g/mol. The number of benzene rings is 2. The summed E-state index contributed by atoms with van der Waals surface area (Å²) in [6.07, 6.45) is 0.157. The van der Waals surface area contributed by atoms with E-state index in [1.165, 1.54) is 6.07 Å². The molecule has 122 valence electrons. The normalized spacial score (nSPS) is 10.3. The molecule has 0 radical (unpaired) electrons. The fourth-order valence-electron chi connectivity index (χ4n) is 2.08. The first-order valence-corrected chi connectivity index (χ1v) is 7.66. The van der Waals surface area contributed by atoms with E-state index in [2.05, 4.69) is 10.6 Å². The summed E-state index contributed by atoms with van der Waals surface area (Å²) in [6.45, 7) is 3.71. The molecule has 0 unspecified atom stereocenters. The van der Waals surface area contributed by atoms with Gasteiger partial charge in [-0.25, -0.2) is 4.39 Å². The maximum absolute atomic E-state index is 13.4. The molecule has 0 saturated carbocycles. The SMILES string of the molecule is CCNCc1ccccc1NC(=O)CCOc1ccccc1F. The summed E-state index contributed by atoms with van der Waals surface area (Å²) in [6, 6.07) is 13.8. The third-order valence-corrected chi connectivity index (χ3v) is 3.28. The summed E-state index contributed by atoms with van der Waals surface area (Å²) in [5.74, 6) is -0.429. The van der Waals surface area contributed by atoms with E-state index >= 15 is 0 Å². The van der Waals surface area contributed by atoms with Gasteiger partial charge in [0.15, 0.2) is 11.6 Å². The third kappa shape index (κ3) is 5.38. The smallest absolute Gasteiger partial charge is 0.227 e. The van der Waals surface area contributed by atoms with Crippen molar-refractivity contribution in [3.05, 3.63) is 59.9 Å². The van der Waals surface area contributed by atoms with Crippen molar-refractivity contribution in [3.8, 4) is 5.75 Å². The number of hydrogen-bond acceptors (Lipinski definition) is 3. The van der Waals surface area contributed by atoms with Crippen LogP contribution in [0.2, 0.25) is 0 Å². The number of nitrogens with one attached hydrogen (secondary N) is 2. The highest BCUT2D eigenvalue weighted by atomic mass is 19.1. The van der Waals surface area contributed by atoms with Crippen molar-refractivity contribution in [2.45, 2.75) is 19.9 Å². The van der Waals surface area contributed by atoms with Crippen LogP contribution < -0.4 is 15.4 Å². The largest absolute Gasteiger partial charge is 0.490 e. The molecule has 0 heterocycles. The molecule has 0 aliphatic heterocycles. The minimum Gasteiger partial charge on any atom is -0.490 e. The van der Waals surface area contributed by atoms with Crippen molar-refractivity contribution in [1.29, 1.82) is 0 Å². The van der Waals surface area contributed by atoms with Gasteiger partial charge in [0.25, 0.3) is 0 Å². The van der Waals surface area contributed by atoms with E-state index in [9.17, 15) is 9.18 Å². The molecule has 0 atom stereocenters. The lowest BCUT2D eigenvalue weighted by molar-refractivity contribution is -0.116. The molecule has 0 aliphatic rings. The molecule has 0 aliphatic carbocycles.